The molecule has 0 spiro atoms. The number of hydrogen-bond donors (Lipinski definition) is 2. The molecule has 1 fully saturated rings. The summed E-state index contributed by atoms with van der Waals surface area (Å²) >= 11 is 0. The van der Waals surface area contributed by atoms with Crippen molar-refractivity contribution in [3.05, 3.63) is 18.3 Å². The number of nitrogens with one attached hydrogen (secondary N) is 1. The van der Waals surface area contributed by atoms with Crippen LogP contribution in [0.1, 0.15) is 32.6 Å². The third-order valence-electron chi connectivity index (χ3n) is 3.86. The number of aromatic nitrogens is 1. The Balaban J connectivity index is 2.09. The number of nitrogens with two attached hydrogens (primary N) is 1. The van der Waals surface area contributed by atoms with Gasteiger partial charge in [0.15, 0.2) is 14.9 Å². The first-order valence-electron chi connectivity index (χ1n) is 6.97. The first-order valence-corrected chi connectivity index (χ1v) is 8.86. The fourth-order valence-electron chi connectivity index (χ4n) is 2.73. The van der Waals surface area contributed by atoms with Crippen LogP contribution in [0.4, 0.5) is 5.69 Å². The van der Waals surface area contributed by atoms with Crippen LogP contribution in [0.15, 0.2) is 23.4 Å². The average molecular weight is 311 g/mol. The van der Waals surface area contributed by atoms with Gasteiger partial charge in [0.25, 0.3) is 0 Å². The highest BCUT2D eigenvalue weighted by molar-refractivity contribution is 7.90. The van der Waals surface area contributed by atoms with Crippen LogP contribution in [0.2, 0.25) is 0 Å². The van der Waals surface area contributed by atoms with Crippen molar-refractivity contribution in [1.82, 2.24) is 4.98 Å². The zero-order chi connectivity index (χ0) is 15.7. The highest BCUT2D eigenvalue weighted by Gasteiger charge is 2.37. The molecule has 1 aromatic heterocycles. The van der Waals surface area contributed by atoms with E-state index in [4.69, 9.17) is 5.73 Å². The van der Waals surface area contributed by atoms with Crippen LogP contribution in [0, 0.1) is 5.92 Å². The maximum Gasteiger partial charge on any atom is 0.244 e. The average Bonchev–Trinajstić information content (AvgIpc) is 2.38. The molecular formula is C14H21N3O3S. The second-order valence-electron chi connectivity index (χ2n) is 5.97. The second kappa shape index (κ2) is 5.73. The smallest absolute Gasteiger partial charge is 0.244 e. The minimum atomic E-state index is -3.34. The maximum atomic E-state index is 12.3. The predicted molar refractivity (Wildman–Crippen MR) is 80.5 cm³/mol. The molecule has 1 aliphatic rings. The van der Waals surface area contributed by atoms with Crippen LogP contribution in [0.3, 0.4) is 0 Å². The van der Waals surface area contributed by atoms with Crippen molar-refractivity contribution in [2.75, 3.05) is 11.6 Å². The van der Waals surface area contributed by atoms with E-state index in [0.717, 1.165) is 19.1 Å². The quantitative estimate of drug-likeness (QED) is 0.876. The summed E-state index contributed by atoms with van der Waals surface area (Å²) in [5.74, 6) is 0.197. The Bertz CT molecular complexity index is 627. The first-order chi connectivity index (χ1) is 9.71. The molecule has 0 bridgehead atoms. The Morgan fingerprint density at radius 3 is 2.71 bits per heavy atom. The normalized spacial score (nSPS) is 26.3. The van der Waals surface area contributed by atoms with E-state index in [1.165, 1.54) is 18.3 Å². The fourth-order valence-corrected chi connectivity index (χ4v) is 3.29. The van der Waals surface area contributed by atoms with E-state index in [0.29, 0.717) is 24.4 Å². The zero-order valence-corrected chi connectivity index (χ0v) is 13.1. The van der Waals surface area contributed by atoms with E-state index >= 15 is 0 Å². The predicted octanol–water partition coefficient (Wildman–Crippen LogP) is 1.33. The Hall–Kier alpha value is -1.47. The molecular weight excluding hydrogens is 290 g/mol. The molecule has 1 heterocycles. The van der Waals surface area contributed by atoms with E-state index in [-0.39, 0.29) is 10.9 Å². The summed E-state index contributed by atoms with van der Waals surface area (Å²) in [6, 6.07) is 2.90. The number of rotatable bonds is 3. The van der Waals surface area contributed by atoms with Gasteiger partial charge < -0.3 is 11.1 Å². The van der Waals surface area contributed by atoms with Gasteiger partial charge in [0, 0.05) is 6.26 Å². The lowest BCUT2D eigenvalue weighted by molar-refractivity contribution is -0.122. The summed E-state index contributed by atoms with van der Waals surface area (Å²) in [5.41, 5.74) is 5.81. The fraction of sp³-hybridized carbons (Fsp3) is 0.571. The molecule has 2 rings (SSSR count). The van der Waals surface area contributed by atoms with Gasteiger partial charge in [-0.3, -0.25) is 4.79 Å². The van der Waals surface area contributed by atoms with E-state index in [1.54, 1.807) is 0 Å². The van der Waals surface area contributed by atoms with Crippen LogP contribution < -0.4 is 11.1 Å². The van der Waals surface area contributed by atoms with Gasteiger partial charge in [-0.05, 0) is 30.9 Å². The molecule has 116 valence electrons. The van der Waals surface area contributed by atoms with Gasteiger partial charge in [-0.1, -0.05) is 19.8 Å². The van der Waals surface area contributed by atoms with Crippen molar-refractivity contribution in [1.29, 1.82) is 0 Å². The third kappa shape index (κ3) is 3.79. The van der Waals surface area contributed by atoms with E-state index in [1.807, 2.05) is 0 Å². The SMILES string of the molecule is CC1CCCC(N)(C(=O)Nc2ccc(S(C)(=O)=O)nc2)C1. The molecule has 21 heavy (non-hydrogen) atoms. The summed E-state index contributed by atoms with van der Waals surface area (Å²) in [4.78, 5) is 16.2. The van der Waals surface area contributed by atoms with Crippen molar-refractivity contribution in [3.63, 3.8) is 0 Å². The molecule has 1 amide bonds. The highest BCUT2D eigenvalue weighted by Crippen LogP contribution is 2.31. The molecule has 3 N–H and O–H groups in total. The number of hydrogen-bond acceptors (Lipinski definition) is 5. The van der Waals surface area contributed by atoms with Gasteiger partial charge in [-0.2, -0.15) is 0 Å². The summed E-state index contributed by atoms with van der Waals surface area (Å²) in [5, 5.41) is 2.71. The van der Waals surface area contributed by atoms with Gasteiger partial charge in [-0.15, -0.1) is 0 Å². The van der Waals surface area contributed by atoms with Gasteiger partial charge in [0.2, 0.25) is 5.91 Å². The number of anilines is 1. The summed E-state index contributed by atoms with van der Waals surface area (Å²) in [6.45, 7) is 2.09. The molecule has 1 aromatic rings. The van der Waals surface area contributed by atoms with E-state index in [9.17, 15) is 13.2 Å². The minimum Gasteiger partial charge on any atom is -0.323 e. The molecule has 0 radical (unpaired) electrons. The van der Waals surface area contributed by atoms with Crippen LogP contribution in [0.25, 0.3) is 0 Å². The number of sulfone groups is 1. The van der Waals surface area contributed by atoms with E-state index in [2.05, 4.69) is 17.2 Å². The molecule has 0 saturated heterocycles. The largest absolute Gasteiger partial charge is 0.323 e. The molecule has 0 aliphatic heterocycles. The summed E-state index contributed by atoms with van der Waals surface area (Å²) in [6.07, 6.45) is 5.79. The number of amides is 1. The number of nitrogens with zero attached hydrogens (tertiary/aromatic N) is 1. The molecule has 1 saturated carbocycles. The standard InChI is InChI=1S/C14H21N3O3S/c1-10-4-3-7-14(15,8-10)13(18)17-11-5-6-12(16-9-11)21(2,19)20/h5-6,9-10H,3-4,7-8,15H2,1-2H3,(H,17,18). The topological polar surface area (TPSA) is 102 Å². The number of carbonyl (C=O) groups excluding carboxylic acids is 1. The highest BCUT2D eigenvalue weighted by atomic mass is 32.2. The van der Waals surface area contributed by atoms with Crippen molar-refractivity contribution in [2.45, 2.75) is 43.2 Å². The lowest BCUT2D eigenvalue weighted by atomic mass is 9.76. The number of carbonyl (C=O) groups is 1. The van der Waals surface area contributed by atoms with Gasteiger partial charge >= 0.3 is 0 Å². The third-order valence-corrected chi connectivity index (χ3v) is 4.86. The minimum absolute atomic E-state index is 0.0192. The van der Waals surface area contributed by atoms with Gasteiger partial charge in [-0.25, -0.2) is 13.4 Å². The van der Waals surface area contributed by atoms with Crippen molar-refractivity contribution in [2.24, 2.45) is 11.7 Å². The Labute approximate surface area is 125 Å². The first kappa shape index (κ1) is 15.9. The molecule has 7 heteroatoms. The molecule has 2 atom stereocenters. The molecule has 0 aromatic carbocycles. The molecule has 6 nitrogen and oxygen atoms in total. The summed E-state index contributed by atoms with van der Waals surface area (Å²) in [7, 11) is -3.34. The van der Waals surface area contributed by atoms with Crippen molar-refractivity contribution < 1.29 is 13.2 Å². The second-order valence-corrected chi connectivity index (χ2v) is 7.93. The van der Waals surface area contributed by atoms with Crippen LogP contribution in [-0.4, -0.2) is 31.1 Å². The molecule has 2 unspecified atom stereocenters. The van der Waals surface area contributed by atoms with Crippen molar-refractivity contribution >= 4 is 21.4 Å². The lowest BCUT2D eigenvalue weighted by Crippen LogP contribution is -2.53. The van der Waals surface area contributed by atoms with E-state index < -0.39 is 15.4 Å². The maximum absolute atomic E-state index is 12.3. The zero-order valence-electron chi connectivity index (χ0n) is 12.3. The van der Waals surface area contributed by atoms with Gasteiger partial charge in [0.1, 0.15) is 0 Å². The lowest BCUT2D eigenvalue weighted by Gasteiger charge is -2.35. The van der Waals surface area contributed by atoms with Crippen molar-refractivity contribution in [3.8, 4) is 0 Å². The van der Waals surface area contributed by atoms with Crippen LogP contribution in [-0.2, 0) is 14.6 Å². The Kier molecular flexibility index (Phi) is 4.34. The van der Waals surface area contributed by atoms with Gasteiger partial charge in [0.05, 0.1) is 17.4 Å². The monoisotopic (exact) mass is 311 g/mol. The summed E-state index contributed by atoms with van der Waals surface area (Å²) < 4.78 is 22.7. The number of pyridine rings is 1. The van der Waals surface area contributed by atoms with Crippen LogP contribution in [0.5, 0.6) is 0 Å². The molecule has 1 aliphatic carbocycles. The Morgan fingerprint density at radius 1 is 1.48 bits per heavy atom. The Morgan fingerprint density at radius 2 is 2.19 bits per heavy atom. The van der Waals surface area contributed by atoms with Crippen LogP contribution >= 0.6 is 0 Å².